The molecule has 1 fully saturated rings. The van der Waals surface area contributed by atoms with E-state index in [-0.39, 0.29) is 23.7 Å². The molecule has 0 aliphatic carbocycles. The van der Waals surface area contributed by atoms with E-state index in [4.69, 9.17) is 0 Å². The van der Waals surface area contributed by atoms with Crippen molar-refractivity contribution in [2.24, 2.45) is 5.41 Å². The first-order valence-corrected chi connectivity index (χ1v) is 6.24. The summed E-state index contributed by atoms with van der Waals surface area (Å²) in [6.45, 7) is 5.12. The van der Waals surface area contributed by atoms with Crippen LogP contribution in [0.1, 0.15) is 30.1 Å². The fourth-order valence-electron chi connectivity index (χ4n) is 2.19. The van der Waals surface area contributed by atoms with Crippen LogP contribution in [0.4, 0.5) is 0 Å². The first-order valence-electron chi connectivity index (χ1n) is 6.24. The molecule has 1 saturated heterocycles. The Labute approximate surface area is 115 Å². The number of amides is 1. The minimum absolute atomic E-state index is 0. The number of rotatable bonds is 3. The van der Waals surface area contributed by atoms with Gasteiger partial charge in [0, 0.05) is 12.1 Å². The summed E-state index contributed by atoms with van der Waals surface area (Å²) in [5.74, 6) is 0.0327. The van der Waals surface area contributed by atoms with E-state index in [0.29, 0.717) is 0 Å². The number of nitrogens with one attached hydrogen (secondary N) is 2. The standard InChI is InChI=1S/C14H20N2O.ClH/c1-14(7-9-15-10-8-14)11-16-13(17)12-5-3-2-4-6-12;/h2-6,15H,7-11H2,1H3,(H,16,17);1H. The van der Waals surface area contributed by atoms with Crippen molar-refractivity contribution in [1.82, 2.24) is 10.6 Å². The SMILES string of the molecule is CC1(CNC(=O)c2ccccc2)CCNCC1.Cl. The minimum Gasteiger partial charge on any atom is -0.351 e. The van der Waals surface area contributed by atoms with Gasteiger partial charge in [-0.05, 0) is 43.5 Å². The number of piperidine rings is 1. The Morgan fingerprint density at radius 2 is 1.89 bits per heavy atom. The van der Waals surface area contributed by atoms with E-state index in [1.807, 2.05) is 30.3 Å². The smallest absolute Gasteiger partial charge is 0.251 e. The molecule has 0 bridgehead atoms. The van der Waals surface area contributed by atoms with Crippen molar-refractivity contribution in [2.75, 3.05) is 19.6 Å². The predicted molar refractivity (Wildman–Crippen MR) is 76.2 cm³/mol. The Bertz CT molecular complexity index is 375. The molecule has 4 heteroatoms. The number of halogens is 1. The van der Waals surface area contributed by atoms with Crippen LogP contribution in [0, 0.1) is 5.41 Å². The van der Waals surface area contributed by atoms with Gasteiger partial charge < -0.3 is 10.6 Å². The molecular weight excluding hydrogens is 248 g/mol. The Morgan fingerprint density at radius 3 is 2.50 bits per heavy atom. The van der Waals surface area contributed by atoms with Crippen LogP contribution in [0.25, 0.3) is 0 Å². The Balaban J connectivity index is 0.00000162. The van der Waals surface area contributed by atoms with Crippen LogP contribution < -0.4 is 10.6 Å². The van der Waals surface area contributed by atoms with Crippen LogP contribution >= 0.6 is 12.4 Å². The molecule has 0 aromatic heterocycles. The molecule has 0 atom stereocenters. The maximum atomic E-state index is 11.9. The second-order valence-electron chi connectivity index (χ2n) is 5.11. The summed E-state index contributed by atoms with van der Waals surface area (Å²) in [7, 11) is 0. The quantitative estimate of drug-likeness (QED) is 0.883. The fraction of sp³-hybridized carbons (Fsp3) is 0.500. The van der Waals surface area contributed by atoms with Gasteiger partial charge in [0.05, 0.1) is 0 Å². The zero-order chi connectivity index (χ0) is 12.1. The number of hydrogen-bond acceptors (Lipinski definition) is 2. The average molecular weight is 269 g/mol. The minimum atomic E-state index is 0. The van der Waals surface area contributed by atoms with Gasteiger partial charge in [-0.15, -0.1) is 12.4 Å². The van der Waals surface area contributed by atoms with Crippen LogP contribution in [-0.4, -0.2) is 25.5 Å². The van der Waals surface area contributed by atoms with Crippen molar-refractivity contribution in [1.29, 1.82) is 0 Å². The first-order chi connectivity index (χ1) is 8.20. The van der Waals surface area contributed by atoms with Crippen LogP contribution in [0.2, 0.25) is 0 Å². The van der Waals surface area contributed by atoms with Gasteiger partial charge in [-0.3, -0.25) is 4.79 Å². The highest BCUT2D eigenvalue weighted by atomic mass is 35.5. The molecule has 1 aliphatic heterocycles. The highest BCUT2D eigenvalue weighted by molar-refractivity contribution is 5.94. The van der Waals surface area contributed by atoms with Crippen molar-refractivity contribution >= 4 is 18.3 Å². The topological polar surface area (TPSA) is 41.1 Å². The lowest BCUT2D eigenvalue weighted by molar-refractivity contribution is 0.0922. The summed E-state index contributed by atoms with van der Waals surface area (Å²) in [6, 6.07) is 9.40. The molecule has 0 spiro atoms. The molecule has 0 saturated carbocycles. The van der Waals surface area contributed by atoms with Gasteiger partial charge in [0.25, 0.3) is 5.91 Å². The maximum Gasteiger partial charge on any atom is 0.251 e. The largest absolute Gasteiger partial charge is 0.351 e. The number of carbonyl (C=O) groups excluding carboxylic acids is 1. The van der Waals surface area contributed by atoms with E-state index < -0.39 is 0 Å². The third kappa shape index (κ3) is 4.00. The van der Waals surface area contributed by atoms with Gasteiger partial charge in [0.1, 0.15) is 0 Å². The zero-order valence-electron chi connectivity index (χ0n) is 10.7. The van der Waals surface area contributed by atoms with Gasteiger partial charge in [0.15, 0.2) is 0 Å². The Kier molecular flexibility index (Phi) is 5.63. The van der Waals surface area contributed by atoms with Crippen molar-refractivity contribution in [2.45, 2.75) is 19.8 Å². The highest BCUT2D eigenvalue weighted by Crippen LogP contribution is 2.26. The lowest BCUT2D eigenvalue weighted by Crippen LogP contribution is -2.42. The molecule has 3 nitrogen and oxygen atoms in total. The Morgan fingerprint density at radius 1 is 1.28 bits per heavy atom. The summed E-state index contributed by atoms with van der Waals surface area (Å²) >= 11 is 0. The van der Waals surface area contributed by atoms with Gasteiger partial charge in [-0.1, -0.05) is 25.1 Å². The predicted octanol–water partition coefficient (Wildman–Crippen LogP) is 2.23. The molecule has 18 heavy (non-hydrogen) atoms. The van der Waals surface area contributed by atoms with Crippen LogP contribution in [-0.2, 0) is 0 Å². The lowest BCUT2D eigenvalue weighted by atomic mass is 9.81. The van der Waals surface area contributed by atoms with Crippen molar-refractivity contribution < 1.29 is 4.79 Å². The number of carbonyl (C=O) groups is 1. The van der Waals surface area contributed by atoms with Crippen molar-refractivity contribution in [3.8, 4) is 0 Å². The highest BCUT2D eigenvalue weighted by Gasteiger charge is 2.26. The molecule has 100 valence electrons. The summed E-state index contributed by atoms with van der Waals surface area (Å²) in [4.78, 5) is 11.9. The maximum absolute atomic E-state index is 11.9. The van der Waals surface area contributed by atoms with Crippen molar-refractivity contribution in [3.63, 3.8) is 0 Å². The van der Waals surface area contributed by atoms with E-state index in [1.54, 1.807) is 0 Å². The first kappa shape index (κ1) is 15.0. The van der Waals surface area contributed by atoms with Gasteiger partial charge >= 0.3 is 0 Å². The molecule has 0 radical (unpaired) electrons. The second-order valence-corrected chi connectivity index (χ2v) is 5.11. The van der Waals surface area contributed by atoms with E-state index >= 15 is 0 Å². The molecule has 1 aromatic carbocycles. The molecule has 0 unspecified atom stereocenters. The van der Waals surface area contributed by atoms with Crippen LogP contribution in [0.15, 0.2) is 30.3 Å². The lowest BCUT2D eigenvalue weighted by Gasteiger charge is -2.34. The molecule has 1 aromatic rings. The summed E-state index contributed by atoms with van der Waals surface area (Å²) in [5.41, 5.74) is 0.986. The van der Waals surface area contributed by atoms with Gasteiger partial charge in [-0.2, -0.15) is 0 Å². The second kappa shape index (κ2) is 6.76. The summed E-state index contributed by atoms with van der Waals surface area (Å²) in [5, 5.41) is 6.39. The van der Waals surface area contributed by atoms with E-state index in [9.17, 15) is 4.79 Å². The summed E-state index contributed by atoms with van der Waals surface area (Å²) < 4.78 is 0. The molecule has 2 rings (SSSR count). The molecular formula is C14H21ClN2O. The molecule has 1 amide bonds. The fourth-order valence-corrected chi connectivity index (χ4v) is 2.19. The Hall–Kier alpha value is -1.06. The van der Waals surface area contributed by atoms with Gasteiger partial charge in [0.2, 0.25) is 0 Å². The van der Waals surface area contributed by atoms with Crippen LogP contribution in [0.5, 0.6) is 0 Å². The molecule has 1 heterocycles. The van der Waals surface area contributed by atoms with E-state index in [1.165, 1.54) is 0 Å². The number of benzene rings is 1. The van der Waals surface area contributed by atoms with Crippen molar-refractivity contribution in [3.05, 3.63) is 35.9 Å². The third-order valence-corrected chi connectivity index (χ3v) is 3.52. The molecule has 1 aliphatic rings. The van der Waals surface area contributed by atoms with E-state index in [0.717, 1.165) is 38.0 Å². The third-order valence-electron chi connectivity index (χ3n) is 3.52. The monoisotopic (exact) mass is 268 g/mol. The average Bonchev–Trinajstić information content (AvgIpc) is 2.38. The zero-order valence-corrected chi connectivity index (χ0v) is 11.6. The van der Waals surface area contributed by atoms with E-state index in [2.05, 4.69) is 17.6 Å². The van der Waals surface area contributed by atoms with Crippen LogP contribution in [0.3, 0.4) is 0 Å². The number of hydrogen-bond donors (Lipinski definition) is 2. The van der Waals surface area contributed by atoms with Gasteiger partial charge in [-0.25, -0.2) is 0 Å². The normalized spacial score (nSPS) is 17.6. The summed E-state index contributed by atoms with van der Waals surface area (Å²) in [6.07, 6.45) is 2.25. The molecule has 2 N–H and O–H groups in total.